The van der Waals surface area contributed by atoms with E-state index >= 15 is 0 Å². The highest BCUT2D eigenvalue weighted by Crippen LogP contribution is 2.25. The molecule has 7 heteroatoms. The van der Waals surface area contributed by atoms with Gasteiger partial charge in [0.05, 0.1) is 4.90 Å². The molecule has 0 aliphatic rings. The van der Waals surface area contributed by atoms with Crippen LogP contribution in [0, 0.1) is 0 Å². The van der Waals surface area contributed by atoms with Gasteiger partial charge in [0.2, 0.25) is 10.0 Å². The van der Waals surface area contributed by atoms with Crippen molar-refractivity contribution >= 4 is 41.9 Å². The Kier molecular flexibility index (Phi) is 6.26. The van der Waals surface area contributed by atoms with Gasteiger partial charge in [0.25, 0.3) is 0 Å². The molecule has 1 N–H and O–H groups in total. The summed E-state index contributed by atoms with van der Waals surface area (Å²) in [5.74, 6) is 0. The summed E-state index contributed by atoms with van der Waals surface area (Å²) in [6.07, 6.45) is 0. The third-order valence-electron chi connectivity index (χ3n) is 2.51. The van der Waals surface area contributed by atoms with Crippen molar-refractivity contribution < 1.29 is 8.42 Å². The lowest BCUT2D eigenvalue weighted by molar-refractivity contribution is 0.358. The van der Waals surface area contributed by atoms with Crippen molar-refractivity contribution in [1.29, 1.82) is 0 Å². The largest absolute Gasteiger partial charge is 0.305 e. The minimum atomic E-state index is -3.46. The van der Waals surface area contributed by atoms with Crippen molar-refractivity contribution in [2.45, 2.75) is 11.8 Å². The third kappa shape index (κ3) is 4.62. The third-order valence-corrected chi connectivity index (χ3v) is 5.44. The van der Waals surface area contributed by atoms with Gasteiger partial charge in [-0.2, -0.15) is 0 Å². The van der Waals surface area contributed by atoms with Crippen LogP contribution in [0.5, 0.6) is 0 Å². The number of rotatable bonds is 6. The van der Waals surface area contributed by atoms with E-state index < -0.39 is 10.0 Å². The molecule has 1 aromatic rings. The highest BCUT2D eigenvalue weighted by molar-refractivity contribution is 9.11. The second-order valence-electron chi connectivity index (χ2n) is 3.87. The lowest BCUT2D eigenvalue weighted by Crippen LogP contribution is -2.33. The number of nitrogens with one attached hydrogen (secondary N) is 1. The molecule has 0 aliphatic carbocycles. The van der Waals surface area contributed by atoms with Crippen molar-refractivity contribution in [3.8, 4) is 0 Å². The molecular weight excluding hydrogens is 384 g/mol. The fourth-order valence-corrected chi connectivity index (χ4v) is 4.06. The topological polar surface area (TPSA) is 49.4 Å². The van der Waals surface area contributed by atoms with E-state index in [1.54, 1.807) is 18.2 Å². The van der Waals surface area contributed by atoms with Gasteiger partial charge in [-0.3, -0.25) is 0 Å². The Labute approximate surface area is 125 Å². The van der Waals surface area contributed by atoms with E-state index in [-0.39, 0.29) is 4.90 Å². The fourth-order valence-electron chi connectivity index (χ4n) is 1.30. The molecule has 1 rings (SSSR count). The number of nitrogens with zero attached hydrogens (tertiary/aromatic N) is 1. The minimum absolute atomic E-state index is 0.254. The highest BCUT2D eigenvalue weighted by Gasteiger charge is 2.17. The smallest absolute Gasteiger partial charge is 0.241 e. The zero-order chi connectivity index (χ0) is 13.8. The Morgan fingerprint density at radius 3 is 2.56 bits per heavy atom. The average Bonchev–Trinajstić information content (AvgIpc) is 2.27. The molecule has 0 amide bonds. The molecule has 102 valence electrons. The molecule has 0 unspecified atom stereocenters. The van der Waals surface area contributed by atoms with Crippen LogP contribution >= 0.6 is 31.9 Å². The normalized spacial score (nSPS) is 12.1. The Bertz CT molecular complexity index is 506. The molecule has 0 bridgehead atoms. The van der Waals surface area contributed by atoms with Crippen molar-refractivity contribution in [3.63, 3.8) is 0 Å². The first-order chi connectivity index (χ1) is 8.36. The van der Waals surface area contributed by atoms with Gasteiger partial charge < -0.3 is 4.90 Å². The van der Waals surface area contributed by atoms with Gasteiger partial charge in [-0.25, -0.2) is 13.1 Å². The number of benzene rings is 1. The maximum Gasteiger partial charge on any atom is 0.241 e. The van der Waals surface area contributed by atoms with Crippen LogP contribution < -0.4 is 4.72 Å². The van der Waals surface area contributed by atoms with Crippen molar-refractivity contribution in [3.05, 3.63) is 27.1 Å². The van der Waals surface area contributed by atoms with Crippen LogP contribution in [0.1, 0.15) is 6.92 Å². The Morgan fingerprint density at radius 2 is 2.00 bits per heavy atom. The Morgan fingerprint density at radius 1 is 1.33 bits per heavy atom. The van der Waals surface area contributed by atoms with Crippen molar-refractivity contribution in [2.75, 3.05) is 26.7 Å². The van der Waals surface area contributed by atoms with Crippen LogP contribution in [-0.4, -0.2) is 40.0 Å². The summed E-state index contributed by atoms with van der Waals surface area (Å²) in [5.41, 5.74) is 0. The average molecular weight is 400 g/mol. The summed E-state index contributed by atoms with van der Waals surface area (Å²) in [5, 5.41) is 0. The molecule has 4 nitrogen and oxygen atoms in total. The maximum absolute atomic E-state index is 12.1. The lowest BCUT2D eigenvalue weighted by Gasteiger charge is -2.14. The van der Waals surface area contributed by atoms with Gasteiger partial charge in [0.1, 0.15) is 0 Å². The second-order valence-corrected chi connectivity index (χ2v) is 7.37. The first kappa shape index (κ1) is 16.1. The predicted molar refractivity (Wildman–Crippen MR) is 80.2 cm³/mol. The standard InChI is InChI=1S/C11H16Br2N2O2S/c1-3-15(2)7-6-14-18(16,17)11-5-4-9(12)8-10(11)13/h4-5,8,14H,3,6-7H2,1-2H3. The number of sulfonamides is 1. The Balaban J connectivity index is 2.74. The number of hydrogen-bond donors (Lipinski definition) is 1. The second kappa shape index (κ2) is 7.00. The van der Waals surface area contributed by atoms with E-state index in [1.165, 1.54) is 0 Å². The van der Waals surface area contributed by atoms with Crippen LogP contribution in [0.3, 0.4) is 0 Å². The molecule has 0 aliphatic heterocycles. The van der Waals surface area contributed by atoms with E-state index in [0.717, 1.165) is 11.0 Å². The van der Waals surface area contributed by atoms with E-state index in [9.17, 15) is 8.42 Å². The molecule has 0 saturated carbocycles. The van der Waals surface area contributed by atoms with Gasteiger partial charge in [0, 0.05) is 22.0 Å². The quantitative estimate of drug-likeness (QED) is 0.799. The summed E-state index contributed by atoms with van der Waals surface area (Å²) in [6, 6.07) is 4.99. The molecule has 0 spiro atoms. The summed E-state index contributed by atoms with van der Waals surface area (Å²) >= 11 is 6.55. The number of hydrogen-bond acceptors (Lipinski definition) is 3. The first-order valence-corrected chi connectivity index (χ1v) is 8.57. The maximum atomic E-state index is 12.1. The number of halogens is 2. The summed E-state index contributed by atoms with van der Waals surface area (Å²) in [7, 11) is -1.51. The summed E-state index contributed by atoms with van der Waals surface area (Å²) in [6.45, 7) is 4.00. The van der Waals surface area contributed by atoms with Gasteiger partial charge in [0.15, 0.2) is 0 Å². The molecular formula is C11H16Br2N2O2S. The van der Waals surface area contributed by atoms with E-state index in [4.69, 9.17) is 0 Å². The Hall–Kier alpha value is 0.0500. The van der Waals surface area contributed by atoms with E-state index in [0.29, 0.717) is 17.6 Å². The van der Waals surface area contributed by atoms with Gasteiger partial charge in [-0.05, 0) is 47.7 Å². The van der Waals surface area contributed by atoms with Crippen LogP contribution in [0.4, 0.5) is 0 Å². The molecule has 0 fully saturated rings. The van der Waals surface area contributed by atoms with Crippen LogP contribution in [0.2, 0.25) is 0 Å². The van der Waals surface area contributed by atoms with Gasteiger partial charge in [-0.15, -0.1) is 0 Å². The predicted octanol–water partition coefficient (Wildman–Crippen LogP) is 2.44. The SMILES string of the molecule is CCN(C)CCNS(=O)(=O)c1ccc(Br)cc1Br. The highest BCUT2D eigenvalue weighted by atomic mass is 79.9. The first-order valence-electron chi connectivity index (χ1n) is 5.50. The van der Waals surface area contributed by atoms with E-state index in [1.807, 2.05) is 18.9 Å². The lowest BCUT2D eigenvalue weighted by atomic mass is 10.4. The van der Waals surface area contributed by atoms with Crippen molar-refractivity contribution in [1.82, 2.24) is 9.62 Å². The molecule has 0 aromatic heterocycles. The fraction of sp³-hybridized carbons (Fsp3) is 0.455. The monoisotopic (exact) mass is 398 g/mol. The van der Waals surface area contributed by atoms with Crippen molar-refractivity contribution in [2.24, 2.45) is 0 Å². The molecule has 1 aromatic carbocycles. The molecule has 0 saturated heterocycles. The zero-order valence-electron chi connectivity index (χ0n) is 10.3. The zero-order valence-corrected chi connectivity index (χ0v) is 14.3. The molecule has 0 radical (unpaired) electrons. The molecule has 18 heavy (non-hydrogen) atoms. The van der Waals surface area contributed by atoms with E-state index in [2.05, 4.69) is 36.6 Å². The summed E-state index contributed by atoms with van der Waals surface area (Å²) in [4.78, 5) is 2.30. The van der Waals surface area contributed by atoms with Gasteiger partial charge >= 0.3 is 0 Å². The van der Waals surface area contributed by atoms with Gasteiger partial charge in [-0.1, -0.05) is 22.9 Å². The minimum Gasteiger partial charge on any atom is -0.305 e. The van der Waals surface area contributed by atoms with Crippen LogP contribution in [-0.2, 0) is 10.0 Å². The molecule has 0 heterocycles. The summed E-state index contributed by atoms with van der Waals surface area (Å²) < 4.78 is 28.1. The number of likely N-dealkylation sites (N-methyl/N-ethyl adjacent to an activating group) is 1. The van der Waals surface area contributed by atoms with Crippen LogP contribution in [0.25, 0.3) is 0 Å². The van der Waals surface area contributed by atoms with Crippen LogP contribution in [0.15, 0.2) is 32.0 Å². The molecule has 0 atom stereocenters.